The molecule has 3 saturated heterocycles. The number of hydrogen-bond acceptors (Lipinski definition) is 5. The Hall–Kier alpha value is -1.01. The van der Waals surface area contributed by atoms with Gasteiger partial charge in [0.05, 0.1) is 34.5 Å². The van der Waals surface area contributed by atoms with E-state index >= 15 is 0 Å². The summed E-state index contributed by atoms with van der Waals surface area (Å²) in [5.41, 5.74) is 2.62. The number of rotatable bonds is 3. The summed E-state index contributed by atoms with van der Waals surface area (Å²) >= 11 is 1.91. The highest BCUT2D eigenvalue weighted by molar-refractivity contribution is 7.18. The van der Waals surface area contributed by atoms with E-state index in [1.807, 2.05) is 11.3 Å². The summed E-state index contributed by atoms with van der Waals surface area (Å²) in [4.78, 5) is 7.67. The number of thiazole rings is 1. The first-order valence-corrected chi connectivity index (χ1v) is 11.0. The molecule has 2 aromatic rings. The maximum atomic E-state index is 5.35. The van der Waals surface area contributed by atoms with Crippen LogP contribution in [0.15, 0.2) is 18.2 Å². The molecule has 4 heterocycles. The first kappa shape index (κ1) is 17.1. The zero-order valence-corrected chi connectivity index (χ0v) is 16.4. The SMILES string of the molecule is C[C@H]1CC[C@H](c2ccc3sc(C4CCN(C5COC5)CC4)nc3c2)NC1. The van der Waals surface area contributed by atoms with E-state index in [4.69, 9.17) is 9.72 Å². The van der Waals surface area contributed by atoms with Gasteiger partial charge in [-0.2, -0.15) is 0 Å². The molecule has 3 aliphatic rings. The van der Waals surface area contributed by atoms with Gasteiger partial charge in [-0.25, -0.2) is 4.98 Å². The second kappa shape index (κ2) is 7.19. The molecule has 0 unspecified atom stereocenters. The lowest BCUT2D eigenvalue weighted by atomic mass is 9.92. The lowest BCUT2D eigenvalue weighted by Crippen LogP contribution is -2.51. The Kier molecular flexibility index (Phi) is 4.73. The molecule has 0 spiro atoms. The van der Waals surface area contributed by atoms with Gasteiger partial charge < -0.3 is 10.1 Å². The van der Waals surface area contributed by atoms with Crippen molar-refractivity contribution in [1.82, 2.24) is 15.2 Å². The third kappa shape index (κ3) is 3.31. The van der Waals surface area contributed by atoms with Crippen molar-refractivity contribution in [2.24, 2.45) is 5.92 Å². The van der Waals surface area contributed by atoms with E-state index in [0.717, 1.165) is 25.7 Å². The molecular weight excluding hydrogens is 342 g/mol. The van der Waals surface area contributed by atoms with Gasteiger partial charge in [-0.15, -0.1) is 11.3 Å². The Morgan fingerprint density at radius 1 is 1.15 bits per heavy atom. The molecule has 1 aromatic carbocycles. The van der Waals surface area contributed by atoms with E-state index in [1.165, 1.54) is 59.6 Å². The average Bonchev–Trinajstić information content (AvgIpc) is 3.05. The van der Waals surface area contributed by atoms with Crippen molar-refractivity contribution < 1.29 is 4.74 Å². The highest BCUT2D eigenvalue weighted by Crippen LogP contribution is 2.36. The predicted octanol–water partition coefficient (Wildman–Crippen LogP) is 3.94. The smallest absolute Gasteiger partial charge is 0.0970 e. The molecule has 1 aromatic heterocycles. The van der Waals surface area contributed by atoms with Crippen molar-refractivity contribution in [2.45, 2.75) is 50.6 Å². The first-order chi connectivity index (χ1) is 12.8. The maximum Gasteiger partial charge on any atom is 0.0970 e. The molecule has 2 atom stereocenters. The Bertz CT molecular complexity index is 756. The molecule has 0 aliphatic carbocycles. The third-order valence-electron chi connectivity index (χ3n) is 6.51. The number of benzene rings is 1. The van der Waals surface area contributed by atoms with Crippen molar-refractivity contribution >= 4 is 21.6 Å². The second-order valence-electron chi connectivity index (χ2n) is 8.42. The quantitative estimate of drug-likeness (QED) is 0.887. The zero-order chi connectivity index (χ0) is 17.5. The molecule has 26 heavy (non-hydrogen) atoms. The minimum absolute atomic E-state index is 0.508. The van der Waals surface area contributed by atoms with E-state index in [1.54, 1.807) is 0 Å². The Labute approximate surface area is 159 Å². The van der Waals surface area contributed by atoms with Gasteiger partial charge in [0.2, 0.25) is 0 Å². The molecule has 140 valence electrons. The van der Waals surface area contributed by atoms with Gasteiger partial charge in [0.1, 0.15) is 0 Å². The minimum Gasteiger partial charge on any atom is -0.378 e. The minimum atomic E-state index is 0.508. The number of nitrogens with zero attached hydrogens (tertiary/aromatic N) is 2. The van der Waals surface area contributed by atoms with Crippen LogP contribution in [-0.2, 0) is 4.74 Å². The molecule has 0 saturated carbocycles. The molecular formula is C21H29N3OS. The monoisotopic (exact) mass is 371 g/mol. The normalized spacial score (nSPS) is 29.1. The number of ether oxygens (including phenoxy) is 1. The van der Waals surface area contributed by atoms with Crippen molar-refractivity contribution in [2.75, 3.05) is 32.8 Å². The van der Waals surface area contributed by atoms with Crippen LogP contribution in [0.1, 0.15) is 55.1 Å². The lowest BCUT2D eigenvalue weighted by molar-refractivity contribution is -0.0712. The Morgan fingerprint density at radius 3 is 2.69 bits per heavy atom. The summed E-state index contributed by atoms with van der Waals surface area (Å²) in [5, 5.41) is 5.06. The molecule has 0 amide bonds. The van der Waals surface area contributed by atoms with E-state index in [0.29, 0.717) is 18.0 Å². The van der Waals surface area contributed by atoms with Gasteiger partial charge in [-0.05, 0) is 68.9 Å². The average molecular weight is 372 g/mol. The fraction of sp³-hybridized carbons (Fsp3) is 0.667. The number of hydrogen-bond donors (Lipinski definition) is 1. The summed E-state index contributed by atoms with van der Waals surface area (Å²) in [6.07, 6.45) is 5.05. The van der Waals surface area contributed by atoms with Crippen LogP contribution in [0.25, 0.3) is 10.2 Å². The van der Waals surface area contributed by atoms with Crippen LogP contribution < -0.4 is 5.32 Å². The highest BCUT2D eigenvalue weighted by Gasteiger charge is 2.31. The second-order valence-corrected chi connectivity index (χ2v) is 9.49. The molecule has 5 heteroatoms. The summed E-state index contributed by atoms with van der Waals surface area (Å²) in [5.74, 6) is 1.44. The fourth-order valence-corrected chi connectivity index (χ4v) is 5.70. The molecule has 4 nitrogen and oxygen atoms in total. The van der Waals surface area contributed by atoms with Gasteiger partial charge in [-0.3, -0.25) is 4.90 Å². The Morgan fingerprint density at radius 2 is 2.00 bits per heavy atom. The van der Waals surface area contributed by atoms with Crippen molar-refractivity contribution in [3.05, 3.63) is 28.8 Å². The van der Waals surface area contributed by atoms with E-state index in [-0.39, 0.29) is 0 Å². The van der Waals surface area contributed by atoms with Gasteiger partial charge in [-0.1, -0.05) is 13.0 Å². The number of likely N-dealkylation sites (tertiary alicyclic amines) is 1. The van der Waals surface area contributed by atoms with Crippen LogP contribution in [-0.4, -0.2) is 48.8 Å². The van der Waals surface area contributed by atoms with Crippen molar-refractivity contribution in [3.63, 3.8) is 0 Å². The van der Waals surface area contributed by atoms with Crippen LogP contribution in [0.5, 0.6) is 0 Å². The number of piperidine rings is 2. The van der Waals surface area contributed by atoms with Crippen LogP contribution in [0.2, 0.25) is 0 Å². The summed E-state index contributed by atoms with van der Waals surface area (Å²) < 4.78 is 6.70. The number of fused-ring (bicyclic) bond motifs is 1. The number of nitrogens with one attached hydrogen (secondary N) is 1. The molecule has 1 N–H and O–H groups in total. The lowest BCUT2D eigenvalue weighted by Gasteiger charge is -2.41. The van der Waals surface area contributed by atoms with Crippen molar-refractivity contribution in [3.8, 4) is 0 Å². The van der Waals surface area contributed by atoms with Crippen LogP contribution in [0.3, 0.4) is 0 Å². The van der Waals surface area contributed by atoms with E-state index in [9.17, 15) is 0 Å². The van der Waals surface area contributed by atoms with Gasteiger partial charge >= 0.3 is 0 Å². The summed E-state index contributed by atoms with van der Waals surface area (Å²) in [7, 11) is 0. The predicted molar refractivity (Wildman–Crippen MR) is 107 cm³/mol. The van der Waals surface area contributed by atoms with Crippen LogP contribution in [0, 0.1) is 5.92 Å². The van der Waals surface area contributed by atoms with E-state index < -0.39 is 0 Å². The van der Waals surface area contributed by atoms with Crippen LogP contribution in [0.4, 0.5) is 0 Å². The van der Waals surface area contributed by atoms with Gasteiger partial charge in [0, 0.05) is 12.0 Å². The number of aromatic nitrogens is 1. The standard InChI is InChI=1S/C21H29N3OS/c1-14-2-4-18(22-11-14)16-3-5-20-19(10-16)23-21(26-20)15-6-8-24(9-7-15)17-12-25-13-17/h3,5,10,14-15,17-18,22H,2,4,6-9,11-13H2,1H3/t14-,18+/m0/s1. The zero-order valence-electron chi connectivity index (χ0n) is 15.6. The highest BCUT2D eigenvalue weighted by atomic mass is 32.1. The Balaban J connectivity index is 1.29. The maximum absolute atomic E-state index is 5.35. The molecule has 0 radical (unpaired) electrons. The van der Waals surface area contributed by atoms with E-state index in [2.05, 4.69) is 35.3 Å². The third-order valence-corrected chi connectivity index (χ3v) is 7.71. The first-order valence-electron chi connectivity index (χ1n) is 10.2. The summed E-state index contributed by atoms with van der Waals surface area (Å²) in [6.45, 7) is 7.73. The van der Waals surface area contributed by atoms with Crippen LogP contribution >= 0.6 is 11.3 Å². The molecule has 5 rings (SSSR count). The van der Waals surface area contributed by atoms with Crippen molar-refractivity contribution in [1.29, 1.82) is 0 Å². The molecule has 3 aliphatic heterocycles. The topological polar surface area (TPSA) is 37.4 Å². The molecule has 0 bridgehead atoms. The van der Waals surface area contributed by atoms with Gasteiger partial charge in [0.15, 0.2) is 0 Å². The molecule has 3 fully saturated rings. The largest absolute Gasteiger partial charge is 0.378 e. The summed E-state index contributed by atoms with van der Waals surface area (Å²) in [6, 6.07) is 8.14. The fourth-order valence-electron chi connectivity index (χ4n) is 4.58. The van der Waals surface area contributed by atoms with Gasteiger partial charge in [0.25, 0.3) is 0 Å².